The summed E-state index contributed by atoms with van der Waals surface area (Å²) in [6.45, 7) is 2.23. The summed E-state index contributed by atoms with van der Waals surface area (Å²) in [5, 5.41) is 3.67. The predicted octanol–water partition coefficient (Wildman–Crippen LogP) is 1.31. The van der Waals surface area contributed by atoms with Crippen LogP contribution in [0, 0.1) is 12.7 Å². The first kappa shape index (κ1) is 13.2. The highest BCUT2D eigenvalue weighted by Crippen LogP contribution is 2.31. The summed E-state index contributed by atoms with van der Waals surface area (Å²) in [6, 6.07) is 4.97. The average Bonchev–Trinajstić information content (AvgIpc) is 2.73. The lowest BCUT2D eigenvalue weighted by Gasteiger charge is -2.35. The Kier molecular flexibility index (Phi) is 3.06. The lowest BCUT2D eigenvalue weighted by Crippen LogP contribution is -2.48. The van der Waals surface area contributed by atoms with Crippen LogP contribution in [-0.4, -0.2) is 36.0 Å². The molecular formula is C12H12FN3O3S. The molecule has 0 amide bonds. The summed E-state index contributed by atoms with van der Waals surface area (Å²) in [6.07, 6.45) is 0. The van der Waals surface area contributed by atoms with Gasteiger partial charge in [0.1, 0.15) is 5.82 Å². The maximum atomic E-state index is 13.1. The number of aromatic nitrogens is 2. The van der Waals surface area contributed by atoms with E-state index in [1.54, 1.807) is 6.92 Å². The molecule has 2 aromatic rings. The molecule has 2 heterocycles. The maximum absolute atomic E-state index is 13.1. The van der Waals surface area contributed by atoms with Crippen molar-refractivity contribution in [2.45, 2.75) is 17.7 Å². The van der Waals surface area contributed by atoms with Crippen molar-refractivity contribution in [2.75, 3.05) is 13.1 Å². The van der Waals surface area contributed by atoms with Crippen LogP contribution in [0.2, 0.25) is 0 Å². The lowest BCUT2D eigenvalue weighted by atomic mass is 10.0. The molecule has 0 unspecified atom stereocenters. The summed E-state index contributed by atoms with van der Waals surface area (Å²) in [7, 11) is -3.66. The van der Waals surface area contributed by atoms with Gasteiger partial charge in [-0.05, 0) is 25.1 Å². The van der Waals surface area contributed by atoms with Crippen LogP contribution < -0.4 is 0 Å². The van der Waals surface area contributed by atoms with Gasteiger partial charge >= 0.3 is 0 Å². The molecule has 1 aliphatic heterocycles. The molecule has 1 fully saturated rings. The summed E-state index contributed by atoms with van der Waals surface area (Å²) in [5.74, 6) is 0.287. The van der Waals surface area contributed by atoms with E-state index in [1.165, 1.54) is 22.5 Å². The van der Waals surface area contributed by atoms with Gasteiger partial charge in [0.15, 0.2) is 5.82 Å². The van der Waals surface area contributed by atoms with Crippen LogP contribution in [0.4, 0.5) is 4.39 Å². The Balaban J connectivity index is 1.76. The standard InChI is InChI=1S/C12H12FN3O3S/c1-8-14-12(19-15-8)9-6-16(7-9)20(17,18)11-4-2-3-10(13)5-11/h2-5,9H,6-7H2,1H3. The van der Waals surface area contributed by atoms with Crippen LogP contribution in [-0.2, 0) is 10.0 Å². The third kappa shape index (κ3) is 2.20. The molecular weight excluding hydrogens is 285 g/mol. The molecule has 6 nitrogen and oxygen atoms in total. The number of rotatable bonds is 3. The number of hydrogen-bond acceptors (Lipinski definition) is 5. The Labute approximate surface area is 115 Å². The van der Waals surface area contributed by atoms with Gasteiger partial charge < -0.3 is 4.52 Å². The van der Waals surface area contributed by atoms with E-state index in [0.717, 1.165) is 6.07 Å². The first-order valence-corrected chi connectivity index (χ1v) is 7.47. The van der Waals surface area contributed by atoms with Crippen LogP contribution >= 0.6 is 0 Å². The molecule has 106 valence electrons. The van der Waals surface area contributed by atoms with Gasteiger partial charge in [-0.25, -0.2) is 12.8 Å². The number of nitrogens with zero attached hydrogens (tertiary/aromatic N) is 3. The number of halogens is 1. The highest BCUT2D eigenvalue weighted by molar-refractivity contribution is 7.89. The van der Waals surface area contributed by atoms with E-state index >= 15 is 0 Å². The van der Waals surface area contributed by atoms with Crippen molar-refractivity contribution in [3.05, 3.63) is 41.8 Å². The van der Waals surface area contributed by atoms with Gasteiger partial charge in [-0.2, -0.15) is 9.29 Å². The van der Waals surface area contributed by atoms with Crippen molar-refractivity contribution >= 4 is 10.0 Å². The first-order valence-electron chi connectivity index (χ1n) is 6.03. The van der Waals surface area contributed by atoms with E-state index in [0.29, 0.717) is 11.7 Å². The zero-order chi connectivity index (χ0) is 14.3. The van der Waals surface area contributed by atoms with Gasteiger partial charge in [0.2, 0.25) is 15.9 Å². The van der Waals surface area contributed by atoms with Crippen molar-refractivity contribution in [2.24, 2.45) is 0 Å². The van der Waals surface area contributed by atoms with Gasteiger partial charge in [-0.15, -0.1) is 0 Å². The quantitative estimate of drug-likeness (QED) is 0.853. The highest BCUT2D eigenvalue weighted by atomic mass is 32.2. The fraction of sp³-hybridized carbons (Fsp3) is 0.333. The molecule has 0 saturated carbocycles. The lowest BCUT2D eigenvalue weighted by molar-refractivity contribution is 0.216. The monoisotopic (exact) mass is 297 g/mol. The third-order valence-corrected chi connectivity index (χ3v) is 5.00. The number of sulfonamides is 1. The number of benzene rings is 1. The molecule has 1 aromatic carbocycles. The minimum absolute atomic E-state index is 0.0438. The number of aryl methyl sites for hydroxylation is 1. The molecule has 1 aliphatic rings. The molecule has 3 rings (SSSR count). The first-order chi connectivity index (χ1) is 9.46. The maximum Gasteiger partial charge on any atom is 0.243 e. The van der Waals surface area contributed by atoms with Crippen molar-refractivity contribution in [3.8, 4) is 0 Å². The zero-order valence-electron chi connectivity index (χ0n) is 10.7. The van der Waals surface area contributed by atoms with E-state index in [-0.39, 0.29) is 23.9 Å². The third-order valence-electron chi connectivity index (χ3n) is 3.17. The van der Waals surface area contributed by atoms with Gasteiger partial charge in [-0.3, -0.25) is 0 Å². The molecule has 0 radical (unpaired) electrons. The molecule has 0 bridgehead atoms. The van der Waals surface area contributed by atoms with Gasteiger partial charge in [0, 0.05) is 13.1 Å². The van der Waals surface area contributed by atoms with Crippen LogP contribution in [0.25, 0.3) is 0 Å². The van der Waals surface area contributed by atoms with E-state index < -0.39 is 15.8 Å². The Bertz CT molecular complexity index is 738. The van der Waals surface area contributed by atoms with Crippen LogP contribution in [0.5, 0.6) is 0 Å². The Morgan fingerprint density at radius 2 is 2.15 bits per heavy atom. The minimum atomic E-state index is -3.66. The fourth-order valence-electron chi connectivity index (χ4n) is 2.05. The molecule has 0 N–H and O–H groups in total. The molecule has 20 heavy (non-hydrogen) atoms. The van der Waals surface area contributed by atoms with E-state index in [1.807, 2.05) is 0 Å². The Hall–Kier alpha value is -1.80. The topological polar surface area (TPSA) is 76.3 Å². The molecule has 0 spiro atoms. The van der Waals surface area contributed by atoms with Crippen molar-refractivity contribution in [3.63, 3.8) is 0 Å². The van der Waals surface area contributed by atoms with Crippen LogP contribution in [0.3, 0.4) is 0 Å². The summed E-state index contributed by atoms with van der Waals surface area (Å²) >= 11 is 0. The minimum Gasteiger partial charge on any atom is -0.339 e. The highest BCUT2D eigenvalue weighted by Gasteiger charge is 2.40. The zero-order valence-corrected chi connectivity index (χ0v) is 11.5. The van der Waals surface area contributed by atoms with E-state index in [4.69, 9.17) is 4.52 Å². The molecule has 0 aliphatic carbocycles. The van der Waals surface area contributed by atoms with Gasteiger partial charge in [-0.1, -0.05) is 11.2 Å². The molecule has 8 heteroatoms. The van der Waals surface area contributed by atoms with Gasteiger partial charge in [0.05, 0.1) is 10.8 Å². The van der Waals surface area contributed by atoms with Gasteiger partial charge in [0.25, 0.3) is 0 Å². The fourth-order valence-corrected chi connectivity index (χ4v) is 3.61. The van der Waals surface area contributed by atoms with Crippen LogP contribution in [0.1, 0.15) is 17.6 Å². The van der Waals surface area contributed by atoms with Crippen molar-refractivity contribution in [1.29, 1.82) is 0 Å². The second kappa shape index (κ2) is 4.64. The van der Waals surface area contributed by atoms with E-state index in [2.05, 4.69) is 10.1 Å². The largest absolute Gasteiger partial charge is 0.339 e. The average molecular weight is 297 g/mol. The Morgan fingerprint density at radius 1 is 1.40 bits per heavy atom. The SMILES string of the molecule is Cc1noc(C2CN(S(=O)(=O)c3cccc(F)c3)C2)n1. The predicted molar refractivity (Wildman–Crippen MR) is 66.9 cm³/mol. The summed E-state index contributed by atoms with van der Waals surface area (Å²) in [5.41, 5.74) is 0. The molecule has 1 saturated heterocycles. The normalized spacial score (nSPS) is 17.1. The van der Waals surface area contributed by atoms with E-state index in [9.17, 15) is 12.8 Å². The molecule has 1 aromatic heterocycles. The second-order valence-corrected chi connectivity index (χ2v) is 6.59. The van der Waals surface area contributed by atoms with Crippen molar-refractivity contribution < 1.29 is 17.3 Å². The molecule has 0 atom stereocenters. The smallest absolute Gasteiger partial charge is 0.243 e. The van der Waals surface area contributed by atoms with Crippen LogP contribution in [0.15, 0.2) is 33.7 Å². The summed E-state index contributed by atoms with van der Waals surface area (Å²) in [4.78, 5) is 4.03. The summed E-state index contributed by atoms with van der Waals surface area (Å²) < 4.78 is 43.9. The second-order valence-electron chi connectivity index (χ2n) is 4.66. The Morgan fingerprint density at radius 3 is 2.75 bits per heavy atom. The number of hydrogen-bond donors (Lipinski definition) is 0. The van der Waals surface area contributed by atoms with Crippen molar-refractivity contribution in [1.82, 2.24) is 14.4 Å².